The van der Waals surface area contributed by atoms with Crippen molar-refractivity contribution in [3.8, 4) is 6.07 Å². The summed E-state index contributed by atoms with van der Waals surface area (Å²) in [6, 6.07) is 15.1. The fraction of sp³-hybridized carbons (Fsp3) is 0. The van der Waals surface area contributed by atoms with Crippen LogP contribution in [0, 0.1) is 11.3 Å². The van der Waals surface area contributed by atoms with E-state index in [1.54, 1.807) is 24.5 Å². The van der Waals surface area contributed by atoms with Gasteiger partial charge in [-0.1, -0.05) is 41.9 Å². The van der Waals surface area contributed by atoms with Crippen molar-refractivity contribution in [1.82, 2.24) is 4.98 Å². The lowest BCUT2D eigenvalue weighted by Gasteiger charge is -2.03. The van der Waals surface area contributed by atoms with Crippen LogP contribution in [0.3, 0.4) is 0 Å². The Labute approximate surface area is 105 Å². The van der Waals surface area contributed by atoms with E-state index in [1.165, 1.54) is 0 Å². The third-order valence-electron chi connectivity index (χ3n) is 2.33. The fourth-order valence-electron chi connectivity index (χ4n) is 1.49. The Morgan fingerprint density at radius 1 is 1.00 bits per heavy atom. The molecule has 3 heteroatoms. The molecule has 2 aromatic rings. The minimum absolute atomic E-state index is 0.445. The highest BCUT2D eigenvalue weighted by Gasteiger charge is 2.08. The molecule has 0 N–H and O–H groups in total. The molecule has 1 aromatic carbocycles. The molecule has 0 aliphatic carbocycles. The fourth-order valence-corrected chi connectivity index (χ4v) is 1.77. The van der Waals surface area contributed by atoms with Gasteiger partial charge >= 0.3 is 0 Å². The van der Waals surface area contributed by atoms with E-state index in [2.05, 4.69) is 11.1 Å². The quantitative estimate of drug-likeness (QED) is 0.751. The van der Waals surface area contributed by atoms with Gasteiger partial charge < -0.3 is 0 Å². The highest BCUT2D eigenvalue weighted by Crippen LogP contribution is 2.28. The van der Waals surface area contributed by atoms with E-state index < -0.39 is 0 Å². The zero-order valence-corrected chi connectivity index (χ0v) is 9.72. The molecule has 0 spiro atoms. The molecule has 82 valence electrons. The van der Waals surface area contributed by atoms with E-state index >= 15 is 0 Å². The van der Waals surface area contributed by atoms with Gasteiger partial charge in [0.1, 0.15) is 6.07 Å². The summed E-state index contributed by atoms with van der Waals surface area (Å²) in [4.78, 5) is 3.92. The van der Waals surface area contributed by atoms with Crippen molar-refractivity contribution >= 4 is 22.2 Å². The van der Waals surface area contributed by atoms with Gasteiger partial charge in [-0.25, -0.2) is 0 Å². The molecule has 0 unspecified atom stereocenters. The SMILES string of the molecule is N#CC(=C(Cl)c1ccncc1)c1ccccc1. The van der Waals surface area contributed by atoms with Crippen molar-refractivity contribution in [3.63, 3.8) is 0 Å². The highest BCUT2D eigenvalue weighted by molar-refractivity contribution is 6.53. The highest BCUT2D eigenvalue weighted by atomic mass is 35.5. The van der Waals surface area contributed by atoms with Crippen molar-refractivity contribution in [2.75, 3.05) is 0 Å². The largest absolute Gasteiger partial charge is 0.265 e. The Balaban J connectivity index is 2.53. The van der Waals surface area contributed by atoms with Gasteiger partial charge in [0.2, 0.25) is 0 Å². The number of nitrogens with zero attached hydrogens (tertiary/aromatic N) is 2. The molecule has 2 rings (SSSR count). The van der Waals surface area contributed by atoms with E-state index in [0.29, 0.717) is 10.6 Å². The number of allylic oxidation sites excluding steroid dienone is 1. The topological polar surface area (TPSA) is 36.7 Å². The van der Waals surface area contributed by atoms with Crippen LogP contribution >= 0.6 is 11.6 Å². The molecule has 17 heavy (non-hydrogen) atoms. The molecule has 2 nitrogen and oxygen atoms in total. The lowest BCUT2D eigenvalue weighted by molar-refractivity contribution is 1.32. The van der Waals surface area contributed by atoms with Crippen molar-refractivity contribution in [1.29, 1.82) is 5.26 Å². The van der Waals surface area contributed by atoms with Crippen LogP contribution in [-0.4, -0.2) is 4.98 Å². The van der Waals surface area contributed by atoms with E-state index in [0.717, 1.165) is 11.1 Å². The van der Waals surface area contributed by atoms with Crippen molar-refractivity contribution in [2.45, 2.75) is 0 Å². The molecule has 0 aliphatic heterocycles. The zero-order valence-electron chi connectivity index (χ0n) is 8.97. The minimum Gasteiger partial charge on any atom is -0.265 e. The second-order valence-electron chi connectivity index (χ2n) is 3.40. The number of rotatable bonds is 2. The minimum atomic E-state index is 0.445. The third kappa shape index (κ3) is 2.52. The van der Waals surface area contributed by atoms with Gasteiger partial charge in [-0.2, -0.15) is 5.26 Å². The number of halogens is 1. The molecule has 0 amide bonds. The predicted octanol–water partition coefficient (Wildman–Crippen LogP) is 3.71. The summed E-state index contributed by atoms with van der Waals surface area (Å²) >= 11 is 6.24. The van der Waals surface area contributed by atoms with Crippen molar-refractivity contribution < 1.29 is 0 Å². The first-order valence-corrected chi connectivity index (χ1v) is 5.46. The molecule has 1 aromatic heterocycles. The summed E-state index contributed by atoms with van der Waals surface area (Å²) in [5.74, 6) is 0. The van der Waals surface area contributed by atoms with Crippen LogP contribution in [0.15, 0.2) is 54.9 Å². The molecule has 0 bridgehead atoms. The first-order chi connectivity index (χ1) is 8.33. The number of pyridine rings is 1. The van der Waals surface area contributed by atoms with Crippen molar-refractivity contribution in [3.05, 3.63) is 66.0 Å². The van der Waals surface area contributed by atoms with Crippen LogP contribution < -0.4 is 0 Å². The first-order valence-electron chi connectivity index (χ1n) is 5.08. The van der Waals surface area contributed by atoms with Crippen LogP contribution in [0.1, 0.15) is 11.1 Å². The van der Waals surface area contributed by atoms with Crippen LogP contribution in [-0.2, 0) is 0 Å². The zero-order chi connectivity index (χ0) is 12.1. The number of hydrogen-bond donors (Lipinski definition) is 0. The third-order valence-corrected chi connectivity index (χ3v) is 2.73. The lowest BCUT2D eigenvalue weighted by atomic mass is 10.0. The second-order valence-corrected chi connectivity index (χ2v) is 3.78. The number of nitriles is 1. The van der Waals surface area contributed by atoms with E-state index in [-0.39, 0.29) is 0 Å². The van der Waals surface area contributed by atoms with E-state index in [9.17, 15) is 5.26 Å². The van der Waals surface area contributed by atoms with Crippen molar-refractivity contribution in [2.24, 2.45) is 0 Å². The van der Waals surface area contributed by atoms with Crippen LogP contribution in [0.25, 0.3) is 10.6 Å². The van der Waals surface area contributed by atoms with Gasteiger partial charge in [-0.3, -0.25) is 4.98 Å². The Hall–Kier alpha value is -2.11. The maximum Gasteiger partial charge on any atom is 0.101 e. The second kappa shape index (κ2) is 5.29. The van der Waals surface area contributed by atoms with E-state index in [1.807, 2.05) is 30.3 Å². The molecule has 0 fully saturated rings. The molecule has 1 heterocycles. The average Bonchev–Trinajstić information content (AvgIpc) is 2.42. The monoisotopic (exact) mass is 240 g/mol. The molecular formula is C14H9ClN2. The molecule has 0 atom stereocenters. The molecule has 0 radical (unpaired) electrons. The smallest absolute Gasteiger partial charge is 0.101 e. The Bertz CT molecular complexity index is 568. The number of hydrogen-bond acceptors (Lipinski definition) is 2. The Morgan fingerprint density at radius 3 is 2.24 bits per heavy atom. The van der Waals surface area contributed by atoms with Gasteiger partial charge in [-0.15, -0.1) is 0 Å². The van der Waals surface area contributed by atoms with Crippen LogP contribution in [0.2, 0.25) is 0 Å². The Kier molecular flexibility index (Phi) is 3.54. The van der Waals surface area contributed by atoms with Gasteiger partial charge in [0.15, 0.2) is 0 Å². The van der Waals surface area contributed by atoms with Gasteiger partial charge in [0.05, 0.1) is 10.6 Å². The molecule has 0 saturated heterocycles. The predicted molar refractivity (Wildman–Crippen MR) is 69.0 cm³/mol. The van der Waals surface area contributed by atoms with Gasteiger partial charge in [0.25, 0.3) is 0 Å². The Morgan fingerprint density at radius 2 is 1.65 bits per heavy atom. The summed E-state index contributed by atoms with van der Waals surface area (Å²) in [5.41, 5.74) is 2.08. The summed E-state index contributed by atoms with van der Waals surface area (Å²) in [6.07, 6.45) is 3.30. The van der Waals surface area contributed by atoms with Crippen LogP contribution in [0.5, 0.6) is 0 Å². The summed E-state index contributed by atoms with van der Waals surface area (Å²) < 4.78 is 0. The average molecular weight is 241 g/mol. The van der Waals surface area contributed by atoms with Gasteiger partial charge in [-0.05, 0) is 23.3 Å². The molecular weight excluding hydrogens is 232 g/mol. The van der Waals surface area contributed by atoms with Gasteiger partial charge in [0, 0.05) is 12.4 Å². The summed E-state index contributed by atoms with van der Waals surface area (Å²) in [5, 5.41) is 9.65. The maximum absolute atomic E-state index is 9.20. The number of aromatic nitrogens is 1. The molecule has 0 saturated carbocycles. The lowest BCUT2D eigenvalue weighted by Crippen LogP contribution is -1.86. The normalized spacial score (nSPS) is 11.5. The van der Waals surface area contributed by atoms with E-state index in [4.69, 9.17) is 11.6 Å². The summed E-state index contributed by atoms with van der Waals surface area (Å²) in [6.45, 7) is 0. The molecule has 0 aliphatic rings. The van der Waals surface area contributed by atoms with Crippen LogP contribution in [0.4, 0.5) is 0 Å². The first kappa shape index (κ1) is 11.4. The maximum atomic E-state index is 9.20. The summed E-state index contributed by atoms with van der Waals surface area (Å²) in [7, 11) is 0. The number of benzene rings is 1. The standard InChI is InChI=1S/C14H9ClN2/c15-14(12-6-8-17-9-7-12)13(10-16)11-4-2-1-3-5-11/h1-9H.